The lowest BCUT2D eigenvalue weighted by molar-refractivity contribution is -0.136. The number of ether oxygens (including phenoxy) is 2. The molecule has 1 rings (SSSR count). The second-order valence-electron chi connectivity index (χ2n) is 4.43. The molecule has 0 heterocycles. The van der Waals surface area contributed by atoms with Crippen molar-refractivity contribution >= 4 is 11.6 Å². The van der Waals surface area contributed by atoms with E-state index in [-0.39, 0.29) is 5.91 Å². The van der Waals surface area contributed by atoms with Gasteiger partial charge < -0.3 is 14.8 Å². The Morgan fingerprint density at radius 1 is 1.39 bits per heavy atom. The van der Waals surface area contributed by atoms with Crippen molar-refractivity contribution in [3.05, 3.63) is 23.8 Å². The summed E-state index contributed by atoms with van der Waals surface area (Å²) < 4.78 is 10.4. The van der Waals surface area contributed by atoms with Crippen LogP contribution in [0.15, 0.2) is 18.2 Å². The van der Waals surface area contributed by atoms with Crippen molar-refractivity contribution in [3.63, 3.8) is 0 Å². The van der Waals surface area contributed by atoms with Gasteiger partial charge in [0.1, 0.15) is 11.4 Å². The first-order chi connectivity index (χ1) is 8.46. The minimum Gasteiger partial charge on any atom is -0.496 e. The third-order valence-electron chi connectivity index (χ3n) is 3.26. The number of amides is 1. The van der Waals surface area contributed by atoms with Crippen molar-refractivity contribution in [1.29, 1.82) is 0 Å². The highest BCUT2D eigenvalue weighted by Gasteiger charge is 2.30. The van der Waals surface area contributed by atoms with E-state index in [0.29, 0.717) is 6.42 Å². The van der Waals surface area contributed by atoms with Gasteiger partial charge in [-0.15, -0.1) is 0 Å². The van der Waals surface area contributed by atoms with Crippen LogP contribution in [0.5, 0.6) is 5.75 Å². The normalized spacial score (nSPS) is 13.8. The Kier molecular flexibility index (Phi) is 4.73. The van der Waals surface area contributed by atoms with Crippen LogP contribution >= 0.6 is 0 Å². The van der Waals surface area contributed by atoms with Gasteiger partial charge in [0.15, 0.2) is 0 Å². The van der Waals surface area contributed by atoms with Crippen LogP contribution in [0, 0.1) is 6.92 Å². The molecule has 1 atom stereocenters. The summed E-state index contributed by atoms with van der Waals surface area (Å²) in [6.45, 7) is 5.63. The van der Waals surface area contributed by atoms with Crippen molar-refractivity contribution in [3.8, 4) is 5.75 Å². The number of hydrogen-bond acceptors (Lipinski definition) is 3. The Hall–Kier alpha value is -1.55. The highest BCUT2D eigenvalue weighted by atomic mass is 16.5. The van der Waals surface area contributed by atoms with Crippen molar-refractivity contribution in [2.45, 2.75) is 32.8 Å². The molecule has 0 bridgehead atoms. The number of anilines is 1. The molecule has 0 aliphatic rings. The molecule has 1 amide bonds. The molecule has 0 spiro atoms. The Bertz CT molecular complexity index is 425. The van der Waals surface area contributed by atoms with Gasteiger partial charge in [-0.3, -0.25) is 4.79 Å². The summed E-state index contributed by atoms with van der Waals surface area (Å²) in [4.78, 5) is 12.1. The van der Waals surface area contributed by atoms with Crippen LogP contribution in [0.25, 0.3) is 0 Å². The Balaban J connectivity index is 2.85. The third-order valence-corrected chi connectivity index (χ3v) is 3.26. The molecule has 100 valence electrons. The number of nitrogens with one attached hydrogen (secondary N) is 1. The number of aryl methyl sites for hydroxylation is 1. The van der Waals surface area contributed by atoms with Crippen LogP contribution in [0.3, 0.4) is 0 Å². The maximum atomic E-state index is 12.1. The predicted octanol–water partition coefficient (Wildman–Crippen LogP) is 2.76. The zero-order chi connectivity index (χ0) is 13.8. The van der Waals surface area contributed by atoms with E-state index in [1.807, 2.05) is 32.0 Å². The minimum atomic E-state index is -0.798. The first-order valence-electron chi connectivity index (χ1n) is 5.98. The average Bonchev–Trinajstić information content (AvgIpc) is 2.38. The first-order valence-corrected chi connectivity index (χ1v) is 5.98. The Labute approximate surface area is 108 Å². The molecule has 0 fully saturated rings. The van der Waals surface area contributed by atoms with Gasteiger partial charge in [0, 0.05) is 12.8 Å². The van der Waals surface area contributed by atoms with E-state index in [1.54, 1.807) is 21.1 Å². The standard InChI is InChI=1S/C14H21NO3/c1-6-14(3,18-5)13(16)15-11-7-8-12(17-4)10(2)9-11/h7-9H,6H2,1-5H3,(H,15,16)/t14-/m0/s1. The number of benzene rings is 1. The fraction of sp³-hybridized carbons (Fsp3) is 0.500. The summed E-state index contributed by atoms with van der Waals surface area (Å²) in [5.74, 6) is 0.662. The summed E-state index contributed by atoms with van der Waals surface area (Å²) in [6, 6.07) is 5.53. The predicted molar refractivity (Wildman–Crippen MR) is 72.1 cm³/mol. The fourth-order valence-electron chi connectivity index (χ4n) is 1.62. The molecule has 1 aromatic carbocycles. The maximum Gasteiger partial charge on any atom is 0.256 e. The Morgan fingerprint density at radius 3 is 2.50 bits per heavy atom. The Morgan fingerprint density at radius 2 is 2.06 bits per heavy atom. The monoisotopic (exact) mass is 251 g/mol. The van der Waals surface area contributed by atoms with Crippen molar-refractivity contribution in [1.82, 2.24) is 0 Å². The number of carbonyl (C=O) groups excluding carboxylic acids is 1. The highest BCUT2D eigenvalue weighted by Crippen LogP contribution is 2.23. The highest BCUT2D eigenvalue weighted by molar-refractivity contribution is 5.97. The van der Waals surface area contributed by atoms with E-state index in [4.69, 9.17) is 9.47 Å². The van der Waals surface area contributed by atoms with Gasteiger partial charge in [-0.1, -0.05) is 6.92 Å². The van der Waals surface area contributed by atoms with Crippen LogP contribution in [0.4, 0.5) is 5.69 Å². The lowest BCUT2D eigenvalue weighted by Gasteiger charge is -2.25. The molecule has 0 saturated heterocycles. The zero-order valence-electron chi connectivity index (χ0n) is 11.7. The SMILES string of the molecule is CC[C@](C)(OC)C(=O)Nc1ccc(OC)c(C)c1. The quantitative estimate of drug-likeness (QED) is 0.875. The van der Waals surface area contributed by atoms with Crippen molar-refractivity contribution < 1.29 is 14.3 Å². The number of carbonyl (C=O) groups is 1. The molecule has 4 nitrogen and oxygen atoms in total. The summed E-state index contributed by atoms with van der Waals surface area (Å²) >= 11 is 0. The van der Waals surface area contributed by atoms with E-state index in [2.05, 4.69) is 5.32 Å². The van der Waals surface area contributed by atoms with Crippen molar-refractivity contribution in [2.24, 2.45) is 0 Å². The number of hydrogen-bond donors (Lipinski definition) is 1. The fourth-order valence-corrected chi connectivity index (χ4v) is 1.62. The van der Waals surface area contributed by atoms with Gasteiger partial charge in [0.05, 0.1) is 7.11 Å². The summed E-state index contributed by atoms with van der Waals surface area (Å²) in [7, 11) is 3.17. The molecule has 0 aromatic heterocycles. The summed E-state index contributed by atoms with van der Waals surface area (Å²) in [5.41, 5.74) is 0.925. The molecule has 18 heavy (non-hydrogen) atoms. The minimum absolute atomic E-state index is 0.142. The maximum absolute atomic E-state index is 12.1. The largest absolute Gasteiger partial charge is 0.496 e. The van der Waals surface area contributed by atoms with Crippen LogP contribution in [-0.2, 0) is 9.53 Å². The molecule has 0 saturated carbocycles. The molecule has 0 unspecified atom stereocenters. The third kappa shape index (κ3) is 3.01. The second kappa shape index (κ2) is 5.87. The summed E-state index contributed by atoms with van der Waals surface area (Å²) in [5, 5.41) is 2.86. The van der Waals surface area contributed by atoms with E-state index in [9.17, 15) is 4.79 Å². The molecule has 0 aliphatic carbocycles. The summed E-state index contributed by atoms with van der Waals surface area (Å²) in [6.07, 6.45) is 0.616. The molecular formula is C14H21NO3. The molecule has 1 N–H and O–H groups in total. The second-order valence-corrected chi connectivity index (χ2v) is 4.43. The van der Waals surface area contributed by atoms with Gasteiger partial charge in [-0.25, -0.2) is 0 Å². The van der Waals surface area contributed by atoms with Crippen LogP contribution < -0.4 is 10.1 Å². The van der Waals surface area contributed by atoms with Gasteiger partial charge in [0.25, 0.3) is 5.91 Å². The van der Waals surface area contributed by atoms with Gasteiger partial charge in [-0.05, 0) is 44.0 Å². The van der Waals surface area contributed by atoms with Crippen LogP contribution in [-0.4, -0.2) is 25.7 Å². The molecule has 4 heteroatoms. The van der Waals surface area contributed by atoms with E-state index < -0.39 is 5.60 Å². The number of rotatable bonds is 5. The first kappa shape index (κ1) is 14.5. The van der Waals surface area contributed by atoms with Crippen molar-refractivity contribution in [2.75, 3.05) is 19.5 Å². The van der Waals surface area contributed by atoms with Gasteiger partial charge in [0.2, 0.25) is 0 Å². The van der Waals surface area contributed by atoms with Gasteiger partial charge in [-0.2, -0.15) is 0 Å². The lowest BCUT2D eigenvalue weighted by atomic mass is 10.0. The molecular weight excluding hydrogens is 230 g/mol. The van der Waals surface area contributed by atoms with Crippen LogP contribution in [0.2, 0.25) is 0 Å². The van der Waals surface area contributed by atoms with Crippen LogP contribution in [0.1, 0.15) is 25.8 Å². The topological polar surface area (TPSA) is 47.6 Å². The average molecular weight is 251 g/mol. The lowest BCUT2D eigenvalue weighted by Crippen LogP contribution is -2.41. The van der Waals surface area contributed by atoms with E-state index >= 15 is 0 Å². The molecule has 0 radical (unpaired) electrons. The van der Waals surface area contributed by atoms with E-state index in [0.717, 1.165) is 17.0 Å². The number of methoxy groups -OCH3 is 2. The van der Waals surface area contributed by atoms with E-state index in [1.165, 1.54) is 0 Å². The molecule has 1 aromatic rings. The smallest absolute Gasteiger partial charge is 0.256 e. The zero-order valence-corrected chi connectivity index (χ0v) is 11.7. The molecule has 0 aliphatic heterocycles. The van der Waals surface area contributed by atoms with Gasteiger partial charge >= 0.3 is 0 Å².